The maximum absolute atomic E-state index is 3.41. The SMILES string of the molecule is CCNCc1ccccc1CN(C)CC(C)CC. The van der Waals surface area contributed by atoms with Gasteiger partial charge in [-0.1, -0.05) is 51.5 Å². The highest BCUT2D eigenvalue weighted by Gasteiger charge is 2.07. The van der Waals surface area contributed by atoms with Crippen molar-refractivity contribution in [2.24, 2.45) is 5.92 Å². The van der Waals surface area contributed by atoms with Gasteiger partial charge < -0.3 is 10.2 Å². The minimum Gasteiger partial charge on any atom is -0.313 e. The van der Waals surface area contributed by atoms with E-state index in [0.717, 1.165) is 25.6 Å². The van der Waals surface area contributed by atoms with E-state index in [1.807, 2.05) is 0 Å². The molecule has 0 aliphatic carbocycles. The quantitative estimate of drug-likeness (QED) is 0.759. The van der Waals surface area contributed by atoms with Crippen molar-refractivity contribution < 1.29 is 0 Å². The standard InChI is InChI=1S/C16H28N2/c1-5-14(3)12-18(4)13-16-10-8-7-9-15(16)11-17-6-2/h7-10,14,17H,5-6,11-13H2,1-4H3. The predicted octanol–water partition coefficient (Wildman–Crippen LogP) is 3.27. The van der Waals surface area contributed by atoms with E-state index in [4.69, 9.17) is 0 Å². The highest BCUT2D eigenvalue weighted by molar-refractivity contribution is 5.26. The second-order valence-electron chi connectivity index (χ2n) is 5.26. The summed E-state index contributed by atoms with van der Waals surface area (Å²) in [5, 5.41) is 3.41. The smallest absolute Gasteiger partial charge is 0.0234 e. The molecule has 1 rings (SSSR count). The van der Waals surface area contributed by atoms with Crippen LogP contribution in [0.1, 0.15) is 38.3 Å². The second-order valence-corrected chi connectivity index (χ2v) is 5.26. The lowest BCUT2D eigenvalue weighted by Crippen LogP contribution is -2.25. The number of nitrogens with one attached hydrogen (secondary N) is 1. The monoisotopic (exact) mass is 248 g/mol. The van der Waals surface area contributed by atoms with E-state index in [1.165, 1.54) is 24.1 Å². The summed E-state index contributed by atoms with van der Waals surface area (Å²) >= 11 is 0. The van der Waals surface area contributed by atoms with E-state index < -0.39 is 0 Å². The molecule has 0 bridgehead atoms. The zero-order valence-electron chi connectivity index (χ0n) is 12.4. The summed E-state index contributed by atoms with van der Waals surface area (Å²) in [5.74, 6) is 0.774. The maximum atomic E-state index is 3.41. The molecule has 0 aliphatic heterocycles. The van der Waals surface area contributed by atoms with Crippen LogP contribution in [0.15, 0.2) is 24.3 Å². The lowest BCUT2D eigenvalue weighted by atomic mass is 10.1. The third-order valence-electron chi connectivity index (χ3n) is 3.44. The molecule has 0 saturated carbocycles. The van der Waals surface area contributed by atoms with Crippen LogP contribution in [0, 0.1) is 5.92 Å². The molecule has 2 nitrogen and oxygen atoms in total. The summed E-state index contributed by atoms with van der Waals surface area (Å²) < 4.78 is 0. The summed E-state index contributed by atoms with van der Waals surface area (Å²) in [4.78, 5) is 2.43. The summed E-state index contributed by atoms with van der Waals surface area (Å²) in [6, 6.07) is 8.75. The van der Waals surface area contributed by atoms with Gasteiger partial charge in [-0.05, 0) is 30.6 Å². The Morgan fingerprint density at radius 1 is 1.17 bits per heavy atom. The molecule has 0 spiro atoms. The summed E-state index contributed by atoms with van der Waals surface area (Å²) in [6.45, 7) is 11.0. The van der Waals surface area contributed by atoms with E-state index in [1.54, 1.807) is 0 Å². The van der Waals surface area contributed by atoms with Crippen molar-refractivity contribution in [2.45, 2.75) is 40.3 Å². The van der Waals surface area contributed by atoms with Crippen LogP contribution in [0.2, 0.25) is 0 Å². The minimum atomic E-state index is 0.774. The Morgan fingerprint density at radius 3 is 2.44 bits per heavy atom. The molecular weight excluding hydrogens is 220 g/mol. The Morgan fingerprint density at radius 2 is 1.83 bits per heavy atom. The van der Waals surface area contributed by atoms with Gasteiger partial charge in [0, 0.05) is 19.6 Å². The van der Waals surface area contributed by atoms with Crippen LogP contribution in [-0.2, 0) is 13.1 Å². The van der Waals surface area contributed by atoms with Gasteiger partial charge in [0.15, 0.2) is 0 Å². The number of hydrogen-bond donors (Lipinski definition) is 1. The van der Waals surface area contributed by atoms with Crippen LogP contribution in [0.3, 0.4) is 0 Å². The first-order chi connectivity index (χ1) is 8.67. The van der Waals surface area contributed by atoms with E-state index in [2.05, 4.69) is 62.3 Å². The molecule has 0 amide bonds. The highest BCUT2D eigenvalue weighted by Crippen LogP contribution is 2.12. The average Bonchev–Trinajstić information content (AvgIpc) is 2.37. The van der Waals surface area contributed by atoms with Crippen LogP contribution in [0.25, 0.3) is 0 Å². The van der Waals surface area contributed by atoms with Gasteiger partial charge in [0.05, 0.1) is 0 Å². The molecule has 1 atom stereocenters. The van der Waals surface area contributed by atoms with Gasteiger partial charge in [-0.3, -0.25) is 0 Å². The van der Waals surface area contributed by atoms with Gasteiger partial charge in [0.2, 0.25) is 0 Å². The van der Waals surface area contributed by atoms with Crippen LogP contribution in [0.4, 0.5) is 0 Å². The van der Waals surface area contributed by atoms with Crippen molar-refractivity contribution in [3.8, 4) is 0 Å². The second kappa shape index (κ2) is 8.28. The Balaban J connectivity index is 2.59. The van der Waals surface area contributed by atoms with Gasteiger partial charge in [0.1, 0.15) is 0 Å². The molecule has 0 heterocycles. The molecule has 0 aromatic heterocycles. The zero-order valence-corrected chi connectivity index (χ0v) is 12.4. The molecule has 2 heteroatoms. The Bertz CT molecular complexity index is 336. The Labute approximate surface area is 112 Å². The summed E-state index contributed by atoms with van der Waals surface area (Å²) in [6.07, 6.45) is 1.25. The first-order valence-electron chi connectivity index (χ1n) is 7.13. The Kier molecular flexibility index (Phi) is 6.99. The lowest BCUT2D eigenvalue weighted by Gasteiger charge is -2.22. The molecule has 0 saturated heterocycles. The van der Waals surface area contributed by atoms with Crippen molar-refractivity contribution in [2.75, 3.05) is 20.1 Å². The zero-order chi connectivity index (χ0) is 13.4. The largest absolute Gasteiger partial charge is 0.313 e. The van der Waals surface area contributed by atoms with Crippen LogP contribution in [0.5, 0.6) is 0 Å². The number of rotatable bonds is 8. The summed E-state index contributed by atoms with van der Waals surface area (Å²) in [7, 11) is 2.22. The van der Waals surface area contributed by atoms with E-state index >= 15 is 0 Å². The van der Waals surface area contributed by atoms with Gasteiger partial charge >= 0.3 is 0 Å². The first-order valence-corrected chi connectivity index (χ1v) is 7.13. The van der Waals surface area contributed by atoms with Gasteiger partial charge in [-0.25, -0.2) is 0 Å². The van der Waals surface area contributed by atoms with E-state index in [9.17, 15) is 0 Å². The minimum absolute atomic E-state index is 0.774. The molecule has 18 heavy (non-hydrogen) atoms. The average molecular weight is 248 g/mol. The van der Waals surface area contributed by atoms with Crippen molar-refractivity contribution in [3.63, 3.8) is 0 Å². The molecule has 0 radical (unpaired) electrons. The number of nitrogens with zero attached hydrogens (tertiary/aromatic N) is 1. The molecule has 0 aliphatic rings. The van der Waals surface area contributed by atoms with E-state index in [-0.39, 0.29) is 0 Å². The van der Waals surface area contributed by atoms with Crippen molar-refractivity contribution in [3.05, 3.63) is 35.4 Å². The van der Waals surface area contributed by atoms with Crippen molar-refractivity contribution in [1.82, 2.24) is 10.2 Å². The van der Waals surface area contributed by atoms with Crippen LogP contribution in [-0.4, -0.2) is 25.0 Å². The topological polar surface area (TPSA) is 15.3 Å². The molecule has 0 fully saturated rings. The molecule has 1 unspecified atom stereocenters. The van der Waals surface area contributed by atoms with Crippen molar-refractivity contribution in [1.29, 1.82) is 0 Å². The molecule has 102 valence electrons. The maximum Gasteiger partial charge on any atom is 0.0234 e. The number of hydrogen-bond acceptors (Lipinski definition) is 2. The fraction of sp³-hybridized carbons (Fsp3) is 0.625. The normalized spacial score (nSPS) is 12.9. The van der Waals surface area contributed by atoms with Gasteiger partial charge in [0.25, 0.3) is 0 Å². The highest BCUT2D eigenvalue weighted by atomic mass is 15.1. The lowest BCUT2D eigenvalue weighted by molar-refractivity contribution is 0.274. The number of benzene rings is 1. The fourth-order valence-corrected chi connectivity index (χ4v) is 2.16. The molecule has 1 aromatic rings. The first kappa shape index (κ1) is 15.2. The van der Waals surface area contributed by atoms with Crippen LogP contribution >= 0.6 is 0 Å². The molecule has 1 aromatic carbocycles. The molecule has 1 N–H and O–H groups in total. The van der Waals surface area contributed by atoms with Gasteiger partial charge in [-0.15, -0.1) is 0 Å². The van der Waals surface area contributed by atoms with Crippen molar-refractivity contribution >= 4 is 0 Å². The van der Waals surface area contributed by atoms with E-state index in [0.29, 0.717) is 0 Å². The Hall–Kier alpha value is -0.860. The molecular formula is C16H28N2. The third-order valence-corrected chi connectivity index (χ3v) is 3.44. The predicted molar refractivity (Wildman–Crippen MR) is 79.6 cm³/mol. The van der Waals surface area contributed by atoms with Crippen LogP contribution < -0.4 is 5.32 Å². The summed E-state index contributed by atoms with van der Waals surface area (Å²) in [5.41, 5.74) is 2.87. The van der Waals surface area contributed by atoms with Gasteiger partial charge in [-0.2, -0.15) is 0 Å². The third kappa shape index (κ3) is 5.19. The fourth-order valence-electron chi connectivity index (χ4n) is 2.16.